The predicted molar refractivity (Wildman–Crippen MR) is 72.5 cm³/mol. The topological polar surface area (TPSA) is 65.9 Å². The molecule has 2 N–H and O–H groups in total. The van der Waals surface area contributed by atoms with E-state index in [9.17, 15) is 0 Å². The van der Waals surface area contributed by atoms with E-state index in [0.717, 1.165) is 25.9 Å². The van der Waals surface area contributed by atoms with Gasteiger partial charge in [0.1, 0.15) is 16.9 Å². The van der Waals surface area contributed by atoms with E-state index in [-0.39, 0.29) is 6.04 Å². The standard InChI is InChI=1S/C13H17ClN4/c1-9(16)11-3-2-6-18(8-11)13-12(14)10(7-15)4-5-17-13/h4-5,9,11H,2-3,6,8,16H2,1H3. The van der Waals surface area contributed by atoms with Gasteiger partial charge < -0.3 is 10.6 Å². The van der Waals surface area contributed by atoms with Crippen molar-refractivity contribution >= 4 is 17.4 Å². The number of piperidine rings is 1. The lowest BCUT2D eigenvalue weighted by molar-refractivity contribution is 0.363. The lowest BCUT2D eigenvalue weighted by atomic mass is 9.92. The fourth-order valence-corrected chi connectivity index (χ4v) is 2.64. The van der Waals surface area contributed by atoms with Gasteiger partial charge in [0.2, 0.25) is 0 Å². The van der Waals surface area contributed by atoms with E-state index in [1.807, 2.05) is 6.92 Å². The second kappa shape index (κ2) is 5.55. The van der Waals surface area contributed by atoms with Crippen LogP contribution in [-0.2, 0) is 0 Å². The van der Waals surface area contributed by atoms with Crippen LogP contribution in [0.4, 0.5) is 5.82 Å². The van der Waals surface area contributed by atoms with Gasteiger partial charge >= 0.3 is 0 Å². The first kappa shape index (κ1) is 13.1. The third-order valence-corrected chi connectivity index (χ3v) is 3.86. The van der Waals surface area contributed by atoms with E-state index in [1.165, 1.54) is 0 Å². The first-order valence-corrected chi connectivity index (χ1v) is 6.56. The molecule has 0 radical (unpaired) electrons. The summed E-state index contributed by atoms with van der Waals surface area (Å²) in [5, 5.41) is 9.43. The monoisotopic (exact) mass is 264 g/mol. The number of pyridine rings is 1. The molecule has 2 rings (SSSR count). The highest BCUT2D eigenvalue weighted by molar-refractivity contribution is 6.34. The van der Waals surface area contributed by atoms with Gasteiger partial charge in [-0.1, -0.05) is 11.6 Å². The summed E-state index contributed by atoms with van der Waals surface area (Å²) in [6.07, 6.45) is 3.86. The molecule has 4 nitrogen and oxygen atoms in total. The summed E-state index contributed by atoms with van der Waals surface area (Å²) in [6, 6.07) is 3.90. The zero-order valence-corrected chi connectivity index (χ0v) is 11.2. The molecule has 1 aliphatic rings. The number of hydrogen-bond donors (Lipinski definition) is 1. The molecular weight excluding hydrogens is 248 g/mol. The van der Waals surface area contributed by atoms with Crippen LogP contribution in [0, 0.1) is 17.2 Å². The summed E-state index contributed by atoms with van der Waals surface area (Å²) in [4.78, 5) is 6.45. The van der Waals surface area contributed by atoms with Gasteiger partial charge in [0.25, 0.3) is 0 Å². The first-order valence-electron chi connectivity index (χ1n) is 6.18. The van der Waals surface area contributed by atoms with Crippen molar-refractivity contribution in [2.24, 2.45) is 11.7 Å². The molecule has 1 fully saturated rings. The molecule has 18 heavy (non-hydrogen) atoms. The third kappa shape index (κ3) is 2.58. The van der Waals surface area contributed by atoms with Crippen LogP contribution < -0.4 is 10.6 Å². The minimum Gasteiger partial charge on any atom is -0.355 e. The van der Waals surface area contributed by atoms with E-state index in [0.29, 0.717) is 22.3 Å². The van der Waals surface area contributed by atoms with Crippen LogP contribution in [0.25, 0.3) is 0 Å². The highest BCUT2D eigenvalue weighted by Gasteiger charge is 2.25. The Morgan fingerprint density at radius 1 is 1.67 bits per heavy atom. The van der Waals surface area contributed by atoms with E-state index in [4.69, 9.17) is 22.6 Å². The van der Waals surface area contributed by atoms with Gasteiger partial charge in [0.15, 0.2) is 0 Å². The maximum Gasteiger partial charge on any atom is 0.148 e. The fourth-order valence-electron chi connectivity index (χ4n) is 2.37. The lowest BCUT2D eigenvalue weighted by Gasteiger charge is -2.35. The Kier molecular flexibility index (Phi) is 4.05. The summed E-state index contributed by atoms with van der Waals surface area (Å²) in [5.41, 5.74) is 6.45. The zero-order valence-electron chi connectivity index (χ0n) is 10.4. The van der Waals surface area contributed by atoms with Crippen LogP contribution in [0.5, 0.6) is 0 Å². The van der Waals surface area contributed by atoms with Crippen molar-refractivity contribution in [2.45, 2.75) is 25.8 Å². The lowest BCUT2D eigenvalue weighted by Crippen LogP contribution is -2.42. The first-order chi connectivity index (χ1) is 8.63. The quantitative estimate of drug-likeness (QED) is 0.889. The largest absolute Gasteiger partial charge is 0.355 e. The average molecular weight is 265 g/mol. The van der Waals surface area contributed by atoms with Crippen molar-refractivity contribution in [1.29, 1.82) is 5.26 Å². The third-order valence-electron chi connectivity index (χ3n) is 3.49. The summed E-state index contributed by atoms with van der Waals surface area (Å²) in [5.74, 6) is 1.17. The molecule has 0 bridgehead atoms. The molecule has 1 aromatic rings. The minimum atomic E-state index is 0.172. The SMILES string of the molecule is CC(N)C1CCCN(c2nccc(C#N)c2Cl)C1. The second-order valence-electron chi connectivity index (χ2n) is 4.82. The Balaban J connectivity index is 2.24. The van der Waals surface area contributed by atoms with Crippen LogP contribution in [0.15, 0.2) is 12.3 Å². The summed E-state index contributed by atoms with van der Waals surface area (Å²) >= 11 is 6.21. The van der Waals surface area contributed by atoms with Crippen molar-refractivity contribution in [3.8, 4) is 6.07 Å². The van der Waals surface area contributed by atoms with Crippen LogP contribution in [0.1, 0.15) is 25.3 Å². The van der Waals surface area contributed by atoms with E-state index in [2.05, 4.69) is 16.0 Å². The van der Waals surface area contributed by atoms with Gasteiger partial charge in [-0.2, -0.15) is 5.26 Å². The Labute approximate surface area is 112 Å². The predicted octanol–water partition coefficient (Wildman–Crippen LogP) is 2.17. The molecule has 0 aliphatic carbocycles. The molecule has 2 heterocycles. The molecule has 0 spiro atoms. The van der Waals surface area contributed by atoms with E-state index in [1.54, 1.807) is 12.3 Å². The van der Waals surface area contributed by atoms with Gasteiger partial charge in [0.05, 0.1) is 5.56 Å². The van der Waals surface area contributed by atoms with Gasteiger partial charge in [-0.25, -0.2) is 4.98 Å². The fraction of sp³-hybridized carbons (Fsp3) is 0.538. The molecule has 2 unspecified atom stereocenters. The number of aromatic nitrogens is 1. The van der Waals surface area contributed by atoms with Crippen molar-refractivity contribution < 1.29 is 0 Å². The van der Waals surface area contributed by atoms with Gasteiger partial charge in [-0.15, -0.1) is 0 Å². The average Bonchev–Trinajstić information content (AvgIpc) is 2.39. The molecule has 96 valence electrons. The molecule has 0 amide bonds. The number of halogens is 1. The molecule has 2 atom stereocenters. The van der Waals surface area contributed by atoms with E-state index < -0.39 is 0 Å². The van der Waals surface area contributed by atoms with Crippen LogP contribution in [0.2, 0.25) is 5.02 Å². The maximum atomic E-state index is 8.98. The zero-order chi connectivity index (χ0) is 13.1. The highest BCUT2D eigenvalue weighted by atomic mass is 35.5. The van der Waals surface area contributed by atoms with Crippen molar-refractivity contribution in [3.63, 3.8) is 0 Å². The number of nitriles is 1. The molecule has 5 heteroatoms. The number of nitrogens with two attached hydrogens (primary N) is 1. The molecule has 0 saturated carbocycles. The summed E-state index contributed by atoms with van der Waals surface area (Å²) < 4.78 is 0. The van der Waals surface area contributed by atoms with Crippen LogP contribution in [0.3, 0.4) is 0 Å². The highest BCUT2D eigenvalue weighted by Crippen LogP contribution is 2.30. The summed E-state index contributed by atoms with van der Waals surface area (Å²) in [7, 11) is 0. The van der Waals surface area contributed by atoms with Crippen LogP contribution in [-0.4, -0.2) is 24.1 Å². The number of rotatable bonds is 2. The Morgan fingerprint density at radius 2 is 2.44 bits per heavy atom. The molecule has 1 aromatic heterocycles. The molecular formula is C13H17ClN4. The van der Waals surface area contributed by atoms with Gasteiger partial charge in [0, 0.05) is 25.3 Å². The Hall–Kier alpha value is -1.31. The Morgan fingerprint density at radius 3 is 3.11 bits per heavy atom. The van der Waals surface area contributed by atoms with Crippen molar-refractivity contribution in [3.05, 3.63) is 22.8 Å². The van der Waals surface area contributed by atoms with Crippen molar-refractivity contribution in [1.82, 2.24) is 4.98 Å². The van der Waals surface area contributed by atoms with Gasteiger partial charge in [-0.3, -0.25) is 0 Å². The number of anilines is 1. The van der Waals surface area contributed by atoms with Gasteiger partial charge in [-0.05, 0) is 31.7 Å². The number of hydrogen-bond acceptors (Lipinski definition) is 4. The number of nitrogens with zero attached hydrogens (tertiary/aromatic N) is 3. The molecule has 1 saturated heterocycles. The molecule has 1 aliphatic heterocycles. The van der Waals surface area contributed by atoms with E-state index >= 15 is 0 Å². The normalized spacial score (nSPS) is 21.4. The van der Waals surface area contributed by atoms with Crippen molar-refractivity contribution in [2.75, 3.05) is 18.0 Å². The Bertz CT molecular complexity index is 467. The maximum absolute atomic E-state index is 8.98. The molecule has 0 aromatic carbocycles. The summed E-state index contributed by atoms with van der Waals surface area (Å²) in [6.45, 7) is 3.82. The minimum absolute atomic E-state index is 0.172. The van der Waals surface area contributed by atoms with Crippen LogP contribution >= 0.6 is 11.6 Å². The smallest absolute Gasteiger partial charge is 0.148 e. The second-order valence-corrected chi connectivity index (χ2v) is 5.19.